The summed E-state index contributed by atoms with van der Waals surface area (Å²) in [5.41, 5.74) is 0.639. The molecule has 1 atom stereocenters. The van der Waals surface area contributed by atoms with Crippen LogP contribution in [0, 0.1) is 5.92 Å². The molecule has 0 radical (unpaired) electrons. The van der Waals surface area contributed by atoms with Gasteiger partial charge in [0.2, 0.25) is 0 Å². The highest BCUT2D eigenvalue weighted by Gasteiger charge is 2.17. The second-order valence-electron chi connectivity index (χ2n) is 4.08. The molecule has 2 aromatic rings. The molecule has 1 unspecified atom stereocenters. The molecule has 19 heavy (non-hydrogen) atoms. The zero-order chi connectivity index (χ0) is 14.0. The molecule has 0 saturated heterocycles. The molecule has 2 rings (SSSR count). The van der Waals surface area contributed by atoms with Crippen LogP contribution in [0.4, 0.5) is 0 Å². The molecule has 1 N–H and O–H groups in total. The minimum absolute atomic E-state index is 0.168. The van der Waals surface area contributed by atoms with Crippen LogP contribution in [0.3, 0.4) is 0 Å². The maximum atomic E-state index is 10.9. The Balaban J connectivity index is 2.36. The highest BCUT2D eigenvalue weighted by molar-refractivity contribution is 6.35. The molecule has 1 aromatic carbocycles. The first-order valence-electron chi connectivity index (χ1n) is 5.43. The number of aromatic nitrogens is 4. The van der Waals surface area contributed by atoms with Crippen LogP contribution >= 0.6 is 23.2 Å². The SMILES string of the molecule is CC(Cn1nnnc1-c1cc(Cl)cc(Cl)c1)C(=O)O. The number of hydrogen-bond donors (Lipinski definition) is 1. The Labute approximate surface area is 118 Å². The first-order chi connectivity index (χ1) is 8.97. The number of nitrogens with zero attached hydrogens (tertiary/aromatic N) is 4. The molecule has 0 amide bonds. The van der Waals surface area contributed by atoms with Crippen LogP contribution in [0.15, 0.2) is 18.2 Å². The molecular formula is C11H10Cl2N4O2. The Morgan fingerprint density at radius 2 is 2.00 bits per heavy atom. The van der Waals surface area contributed by atoms with Crippen molar-refractivity contribution < 1.29 is 9.90 Å². The summed E-state index contributed by atoms with van der Waals surface area (Å²) in [5, 5.41) is 21.0. The third-order valence-corrected chi connectivity index (χ3v) is 2.96. The van der Waals surface area contributed by atoms with E-state index in [1.54, 1.807) is 25.1 Å². The van der Waals surface area contributed by atoms with Gasteiger partial charge in [0.25, 0.3) is 0 Å². The smallest absolute Gasteiger partial charge is 0.308 e. The number of hydrogen-bond acceptors (Lipinski definition) is 4. The molecule has 0 aliphatic carbocycles. The van der Waals surface area contributed by atoms with E-state index in [4.69, 9.17) is 28.3 Å². The van der Waals surface area contributed by atoms with Gasteiger partial charge >= 0.3 is 5.97 Å². The normalized spacial score (nSPS) is 12.4. The molecule has 1 aromatic heterocycles. The second-order valence-corrected chi connectivity index (χ2v) is 4.95. The fourth-order valence-electron chi connectivity index (χ4n) is 1.55. The molecule has 1 heterocycles. The number of tetrazole rings is 1. The van der Waals surface area contributed by atoms with E-state index < -0.39 is 11.9 Å². The van der Waals surface area contributed by atoms with Gasteiger partial charge in [-0.1, -0.05) is 30.1 Å². The van der Waals surface area contributed by atoms with Crippen LogP contribution in [0.25, 0.3) is 11.4 Å². The molecule has 0 bridgehead atoms. The first kappa shape index (κ1) is 13.8. The fraction of sp³-hybridized carbons (Fsp3) is 0.273. The summed E-state index contributed by atoms with van der Waals surface area (Å²) in [5.74, 6) is -1.08. The highest BCUT2D eigenvalue weighted by Crippen LogP contribution is 2.25. The Hall–Kier alpha value is -1.66. The Kier molecular flexibility index (Phi) is 4.01. The van der Waals surface area contributed by atoms with Crippen molar-refractivity contribution in [2.24, 2.45) is 5.92 Å². The van der Waals surface area contributed by atoms with E-state index in [0.717, 1.165) is 0 Å². The maximum absolute atomic E-state index is 10.9. The maximum Gasteiger partial charge on any atom is 0.308 e. The summed E-state index contributed by atoms with van der Waals surface area (Å²) in [6.45, 7) is 1.75. The molecule has 0 aliphatic heterocycles. The summed E-state index contributed by atoms with van der Waals surface area (Å²) in [6.07, 6.45) is 0. The van der Waals surface area contributed by atoms with E-state index >= 15 is 0 Å². The first-order valence-corrected chi connectivity index (χ1v) is 6.18. The van der Waals surface area contributed by atoms with E-state index in [1.165, 1.54) is 4.68 Å². The van der Waals surface area contributed by atoms with Gasteiger partial charge in [-0.3, -0.25) is 4.79 Å². The lowest BCUT2D eigenvalue weighted by Crippen LogP contribution is -2.18. The largest absolute Gasteiger partial charge is 0.481 e. The van der Waals surface area contributed by atoms with Gasteiger partial charge in [0.1, 0.15) is 0 Å². The summed E-state index contributed by atoms with van der Waals surface area (Å²) in [7, 11) is 0. The van der Waals surface area contributed by atoms with Crippen molar-refractivity contribution in [1.29, 1.82) is 0 Å². The lowest BCUT2D eigenvalue weighted by Gasteiger charge is -2.08. The summed E-state index contributed by atoms with van der Waals surface area (Å²) in [4.78, 5) is 10.9. The zero-order valence-electron chi connectivity index (χ0n) is 9.92. The quantitative estimate of drug-likeness (QED) is 0.937. The Morgan fingerprint density at radius 1 is 1.37 bits per heavy atom. The second kappa shape index (κ2) is 5.54. The monoisotopic (exact) mass is 300 g/mol. The number of carboxylic acids is 1. The number of rotatable bonds is 4. The standard InChI is InChI=1S/C11H10Cl2N4O2/c1-6(11(18)19)5-17-10(14-15-16-17)7-2-8(12)4-9(13)3-7/h2-4,6H,5H2,1H3,(H,18,19). The van der Waals surface area contributed by atoms with Crippen molar-refractivity contribution in [2.45, 2.75) is 13.5 Å². The van der Waals surface area contributed by atoms with Gasteiger partial charge in [-0.25, -0.2) is 4.68 Å². The Bertz CT molecular complexity index is 594. The van der Waals surface area contributed by atoms with Crippen molar-refractivity contribution in [3.8, 4) is 11.4 Å². The molecule has 0 aliphatic rings. The predicted octanol–water partition coefficient (Wildman–Crippen LogP) is 2.37. The molecule has 6 nitrogen and oxygen atoms in total. The third-order valence-electron chi connectivity index (χ3n) is 2.52. The van der Waals surface area contributed by atoms with E-state index in [-0.39, 0.29) is 6.54 Å². The van der Waals surface area contributed by atoms with Gasteiger partial charge in [0, 0.05) is 15.6 Å². The number of halogens is 2. The van der Waals surface area contributed by atoms with Crippen molar-refractivity contribution in [3.63, 3.8) is 0 Å². The van der Waals surface area contributed by atoms with Crippen LogP contribution < -0.4 is 0 Å². The molecule has 100 valence electrons. The van der Waals surface area contributed by atoms with Gasteiger partial charge in [0.15, 0.2) is 5.82 Å². The number of aliphatic carboxylic acids is 1. The van der Waals surface area contributed by atoms with Crippen molar-refractivity contribution in [3.05, 3.63) is 28.2 Å². The van der Waals surface area contributed by atoms with Gasteiger partial charge in [0.05, 0.1) is 12.5 Å². The van der Waals surface area contributed by atoms with E-state index in [0.29, 0.717) is 21.4 Å². The van der Waals surface area contributed by atoms with Gasteiger partial charge in [-0.2, -0.15) is 0 Å². The summed E-state index contributed by atoms with van der Waals surface area (Å²) >= 11 is 11.8. The van der Waals surface area contributed by atoms with Crippen LogP contribution in [-0.2, 0) is 11.3 Å². The van der Waals surface area contributed by atoms with E-state index in [1.807, 2.05) is 0 Å². The van der Waals surface area contributed by atoms with E-state index in [2.05, 4.69) is 15.5 Å². The summed E-state index contributed by atoms with van der Waals surface area (Å²) < 4.78 is 1.42. The van der Waals surface area contributed by atoms with Crippen LogP contribution in [-0.4, -0.2) is 31.3 Å². The molecule has 8 heteroatoms. The Morgan fingerprint density at radius 3 is 2.58 bits per heavy atom. The van der Waals surface area contributed by atoms with Gasteiger partial charge < -0.3 is 5.11 Å². The minimum atomic E-state index is -0.912. The van der Waals surface area contributed by atoms with Gasteiger partial charge in [-0.15, -0.1) is 5.10 Å². The number of carbonyl (C=O) groups is 1. The highest BCUT2D eigenvalue weighted by atomic mass is 35.5. The summed E-state index contributed by atoms with van der Waals surface area (Å²) in [6, 6.07) is 4.93. The minimum Gasteiger partial charge on any atom is -0.481 e. The topological polar surface area (TPSA) is 80.9 Å². The number of benzene rings is 1. The van der Waals surface area contributed by atoms with Crippen LogP contribution in [0.1, 0.15) is 6.92 Å². The van der Waals surface area contributed by atoms with Crippen LogP contribution in [0.2, 0.25) is 10.0 Å². The van der Waals surface area contributed by atoms with Crippen molar-refractivity contribution in [2.75, 3.05) is 0 Å². The average Bonchev–Trinajstić information content (AvgIpc) is 2.75. The third kappa shape index (κ3) is 3.21. The lowest BCUT2D eigenvalue weighted by atomic mass is 10.1. The zero-order valence-corrected chi connectivity index (χ0v) is 11.4. The fourth-order valence-corrected chi connectivity index (χ4v) is 2.08. The van der Waals surface area contributed by atoms with E-state index in [9.17, 15) is 4.79 Å². The molecule has 0 spiro atoms. The average molecular weight is 301 g/mol. The lowest BCUT2D eigenvalue weighted by molar-refractivity contribution is -0.141. The molecular weight excluding hydrogens is 291 g/mol. The molecule has 0 saturated carbocycles. The number of carboxylic acid groups (broad SMARTS) is 1. The van der Waals surface area contributed by atoms with Gasteiger partial charge in [-0.05, 0) is 28.6 Å². The van der Waals surface area contributed by atoms with Crippen LogP contribution in [0.5, 0.6) is 0 Å². The van der Waals surface area contributed by atoms with Crippen molar-refractivity contribution >= 4 is 29.2 Å². The molecule has 0 fully saturated rings. The van der Waals surface area contributed by atoms with Crippen molar-refractivity contribution in [1.82, 2.24) is 20.2 Å². The predicted molar refractivity (Wildman–Crippen MR) is 70.1 cm³/mol.